The van der Waals surface area contributed by atoms with Gasteiger partial charge in [-0.15, -0.1) is 0 Å². The van der Waals surface area contributed by atoms with Gasteiger partial charge in [-0.05, 0) is 25.0 Å². The molecule has 1 unspecified atom stereocenters. The van der Waals surface area contributed by atoms with Crippen LogP contribution in [0.3, 0.4) is 0 Å². The highest BCUT2D eigenvalue weighted by atomic mass is 35.5. The van der Waals surface area contributed by atoms with E-state index in [1.165, 1.54) is 0 Å². The normalized spacial score (nSPS) is 13.9. The molecule has 6 heteroatoms. The van der Waals surface area contributed by atoms with Crippen molar-refractivity contribution in [2.45, 2.75) is 26.3 Å². The molecule has 1 atom stereocenters. The van der Waals surface area contributed by atoms with E-state index < -0.39 is 5.54 Å². The summed E-state index contributed by atoms with van der Waals surface area (Å²) < 4.78 is 5.14. The number of nitrogens with one attached hydrogen (secondary N) is 1. The van der Waals surface area contributed by atoms with Gasteiger partial charge in [-0.1, -0.05) is 42.7 Å². The molecule has 1 aromatic heterocycles. The van der Waals surface area contributed by atoms with Crippen LogP contribution in [0.2, 0.25) is 5.02 Å². The molecule has 3 N–H and O–H groups in total. The van der Waals surface area contributed by atoms with E-state index in [2.05, 4.69) is 10.5 Å². The van der Waals surface area contributed by atoms with Gasteiger partial charge in [0, 0.05) is 23.2 Å². The first-order valence-electron chi connectivity index (χ1n) is 7.11. The molecule has 2 rings (SSSR count). The van der Waals surface area contributed by atoms with Crippen LogP contribution < -0.4 is 11.1 Å². The van der Waals surface area contributed by atoms with E-state index in [4.69, 9.17) is 21.9 Å². The molecule has 5 nitrogen and oxygen atoms in total. The number of aromatic nitrogens is 1. The van der Waals surface area contributed by atoms with Crippen molar-refractivity contribution in [2.24, 2.45) is 11.7 Å². The fraction of sp³-hybridized carbons (Fsp3) is 0.375. The molecule has 1 heterocycles. The first-order chi connectivity index (χ1) is 10.4. The Labute approximate surface area is 134 Å². The predicted molar refractivity (Wildman–Crippen MR) is 86.7 cm³/mol. The summed E-state index contributed by atoms with van der Waals surface area (Å²) in [7, 11) is 0. The molecule has 0 saturated heterocycles. The fourth-order valence-corrected chi connectivity index (χ4v) is 2.11. The number of halogens is 1. The molecular formula is C16H20ClN3O2. The summed E-state index contributed by atoms with van der Waals surface area (Å²) in [6.45, 7) is 6.26. The molecule has 118 valence electrons. The van der Waals surface area contributed by atoms with Crippen LogP contribution in [0.25, 0.3) is 11.3 Å². The standard InChI is InChI=1S/C16H20ClN3O2/c1-10(2)16(3,9-18)19-15(21)14-8-13(20-22-14)11-5-4-6-12(17)7-11/h4-8,10H,9,18H2,1-3H3,(H,19,21). The number of amides is 1. The van der Waals surface area contributed by atoms with Crippen LogP contribution >= 0.6 is 11.6 Å². The van der Waals surface area contributed by atoms with E-state index in [-0.39, 0.29) is 17.6 Å². The first-order valence-corrected chi connectivity index (χ1v) is 7.49. The Balaban J connectivity index is 2.19. The molecule has 22 heavy (non-hydrogen) atoms. The smallest absolute Gasteiger partial charge is 0.290 e. The number of carbonyl (C=O) groups excluding carboxylic acids is 1. The van der Waals surface area contributed by atoms with Crippen molar-refractivity contribution < 1.29 is 9.32 Å². The number of rotatable bonds is 5. The van der Waals surface area contributed by atoms with Gasteiger partial charge >= 0.3 is 0 Å². The van der Waals surface area contributed by atoms with Crippen LogP contribution in [0.15, 0.2) is 34.9 Å². The summed E-state index contributed by atoms with van der Waals surface area (Å²) in [5.74, 6) is 0.00880. The van der Waals surface area contributed by atoms with Crippen molar-refractivity contribution in [1.82, 2.24) is 10.5 Å². The Morgan fingerprint density at radius 1 is 1.45 bits per heavy atom. The highest BCUT2D eigenvalue weighted by molar-refractivity contribution is 6.30. The van der Waals surface area contributed by atoms with Crippen LogP contribution in [0.5, 0.6) is 0 Å². The summed E-state index contributed by atoms with van der Waals surface area (Å²) in [5.41, 5.74) is 6.63. The Morgan fingerprint density at radius 2 is 2.18 bits per heavy atom. The van der Waals surface area contributed by atoms with Crippen molar-refractivity contribution in [3.05, 3.63) is 41.1 Å². The van der Waals surface area contributed by atoms with Crippen LogP contribution in [0, 0.1) is 5.92 Å². The van der Waals surface area contributed by atoms with Crippen LogP contribution in [0.1, 0.15) is 31.3 Å². The lowest BCUT2D eigenvalue weighted by Gasteiger charge is -2.33. The summed E-state index contributed by atoms with van der Waals surface area (Å²) >= 11 is 5.95. The van der Waals surface area contributed by atoms with Gasteiger partial charge in [-0.2, -0.15) is 0 Å². The third-order valence-corrected chi connectivity index (χ3v) is 4.19. The van der Waals surface area contributed by atoms with E-state index in [9.17, 15) is 4.79 Å². The van der Waals surface area contributed by atoms with Gasteiger partial charge in [0.25, 0.3) is 5.91 Å². The molecule has 1 amide bonds. The largest absolute Gasteiger partial charge is 0.350 e. The van der Waals surface area contributed by atoms with Crippen LogP contribution in [-0.2, 0) is 0 Å². The van der Waals surface area contributed by atoms with Crippen molar-refractivity contribution in [1.29, 1.82) is 0 Å². The Hall–Kier alpha value is -1.85. The quantitative estimate of drug-likeness (QED) is 0.886. The number of carbonyl (C=O) groups is 1. The highest BCUT2D eigenvalue weighted by Crippen LogP contribution is 2.23. The Morgan fingerprint density at radius 3 is 2.77 bits per heavy atom. The number of hydrogen-bond acceptors (Lipinski definition) is 4. The zero-order valence-electron chi connectivity index (χ0n) is 12.9. The maximum Gasteiger partial charge on any atom is 0.290 e. The van der Waals surface area contributed by atoms with Gasteiger partial charge in [0.15, 0.2) is 0 Å². The average molecular weight is 322 g/mol. The lowest BCUT2D eigenvalue weighted by molar-refractivity contribution is 0.0845. The molecule has 0 spiro atoms. The minimum Gasteiger partial charge on any atom is -0.350 e. The maximum atomic E-state index is 12.3. The van der Waals surface area contributed by atoms with Gasteiger partial charge < -0.3 is 15.6 Å². The molecule has 1 aromatic carbocycles. The molecule has 0 fully saturated rings. The lowest BCUT2D eigenvalue weighted by atomic mass is 9.88. The predicted octanol–water partition coefficient (Wildman–Crippen LogP) is 3.10. The summed E-state index contributed by atoms with van der Waals surface area (Å²) in [4.78, 5) is 12.3. The van der Waals surface area contributed by atoms with E-state index in [0.717, 1.165) is 5.56 Å². The third kappa shape index (κ3) is 3.48. The zero-order chi connectivity index (χ0) is 16.3. The second-order valence-electron chi connectivity index (χ2n) is 5.82. The monoisotopic (exact) mass is 321 g/mol. The highest BCUT2D eigenvalue weighted by Gasteiger charge is 2.30. The Kier molecular flexibility index (Phi) is 4.88. The van der Waals surface area contributed by atoms with Gasteiger partial charge in [0.2, 0.25) is 5.76 Å². The topological polar surface area (TPSA) is 81.1 Å². The number of nitrogens with two attached hydrogens (primary N) is 1. The first kappa shape index (κ1) is 16.5. The molecule has 0 aliphatic rings. The molecular weight excluding hydrogens is 302 g/mol. The lowest BCUT2D eigenvalue weighted by Crippen LogP contribution is -2.54. The SMILES string of the molecule is CC(C)C(C)(CN)NC(=O)c1cc(-c2cccc(Cl)c2)no1. The molecule has 0 aliphatic carbocycles. The van der Waals surface area contributed by atoms with Gasteiger partial charge in [0.05, 0.1) is 5.54 Å². The van der Waals surface area contributed by atoms with Crippen LogP contribution in [0.4, 0.5) is 0 Å². The van der Waals surface area contributed by atoms with Gasteiger partial charge in [-0.25, -0.2) is 0 Å². The molecule has 0 radical (unpaired) electrons. The number of benzene rings is 1. The van der Waals surface area contributed by atoms with E-state index in [0.29, 0.717) is 17.3 Å². The number of nitrogens with zero attached hydrogens (tertiary/aromatic N) is 1. The van der Waals surface area contributed by atoms with Crippen molar-refractivity contribution >= 4 is 17.5 Å². The molecule has 0 aliphatic heterocycles. The molecule has 0 saturated carbocycles. The second-order valence-corrected chi connectivity index (χ2v) is 6.25. The van der Waals surface area contributed by atoms with Gasteiger partial charge in [-0.3, -0.25) is 4.79 Å². The van der Waals surface area contributed by atoms with Crippen molar-refractivity contribution in [3.63, 3.8) is 0 Å². The summed E-state index contributed by atoms with van der Waals surface area (Å²) in [5, 5.41) is 7.43. The van der Waals surface area contributed by atoms with Crippen molar-refractivity contribution in [2.75, 3.05) is 6.54 Å². The van der Waals surface area contributed by atoms with Gasteiger partial charge in [0.1, 0.15) is 5.69 Å². The number of hydrogen-bond donors (Lipinski definition) is 2. The van der Waals surface area contributed by atoms with E-state index in [1.807, 2.05) is 32.9 Å². The van der Waals surface area contributed by atoms with Crippen molar-refractivity contribution in [3.8, 4) is 11.3 Å². The minimum absolute atomic E-state index is 0.148. The fourth-order valence-electron chi connectivity index (χ4n) is 1.92. The van der Waals surface area contributed by atoms with E-state index in [1.54, 1.807) is 18.2 Å². The van der Waals surface area contributed by atoms with E-state index >= 15 is 0 Å². The molecule has 2 aromatic rings. The zero-order valence-corrected chi connectivity index (χ0v) is 13.6. The third-order valence-electron chi connectivity index (χ3n) is 3.95. The summed E-state index contributed by atoms with van der Waals surface area (Å²) in [6, 6.07) is 8.80. The second kappa shape index (κ2) is 6.50. The average Bonchev–Trinajstić information content (AvgIpc) is 2.97. The minimum atomic E-state index is -0.500. The molecule has 0 bridgehead atoms. The summed E-state index contributed by atoms with van der Waals surface area (Å²) in [6.07, 6.45) is 0. The maximum absolute atomic E-state index is 12.3. The van der Waals surface area contributed by atoms with Crippen LogP contribution in [-0.4, -0.2) is 23.1 Å². The Bertz CT molecular complexity index is 669.